The van der Waals surface area contributed by atoms with Crippen LogP contribution in [0.25, 0.3) is 0 Å². The Labute approximate surface area is 131 Å². The molecule has 0 fully saturated rings. The van der Waals surface area contributed by atoms with Crippen LogP contribution in [0.5, 0.6) is 0 Å². The third-order valence-corrected chi connectivity index (χ3v) is 3.71. The number of carbonyl (C=O) groups is 1. The first-order valence-electron chi connectivity index (χ1n) is 7.52. The van der Waals surface area contributed by atoms with E-state index in [1.807, 2.05) is 12.1 Å². The van der Waals surface area contributed by atoms with Crippen molar-refractivity contribution in [1.29, 1.82) is 0 Å². The van der Waals surface area contributed by atoms with Gasteiger partial charge in [0.05, 0.1) is 13.2 Å². The van der Waals surface area contributed by atoms with Crippen LogP contribution in [0.2, 0.25) is 0 Å². The zero-order chi connectivity index (χ0) is 15.8. The molecule has 1 aromatic carbocycles. The van der Waals surface area contributed by atoms with Crippen molar-refractivity contribution in [3.8, 4) is 0 Å². The standard InChI is InChI=1S/C18H22N2O2/c1-22-17(21)7-3-2-5-14-8-10-15(11-9-14)18(19)16-6-4-12-20-13-16/h4,6,8-13,18H,2-3,5,7,19H2,1H3. The number of nitrogens with zero attached hydrogens (tertiary/aromatic N) is 1. The number of unbranched alkanes of at least 4 members (excludes halogenated alkanes) is 1. The van der Waals surface area contributed by atoms with E-state index < -0.39 is 0 Å². The molecule has 2 aromatic rings. The van der Waals surface area contributed by atoms with Gasteiger partial charge in [-0.15, -0.1) is 0 Å². The van der Waals surface area contributed by atoms with Gasteiger partial charge in [-0.3, -0.25) is 9.78 Å². The molecule has 0 saturated heterocycles. The summed E-state index contributed by atoms with van der Waals surface area (Å²) >= 11 is 0. The van der Waals surface area contributed by atoms with E-state index in [2.05, 4.69) is 34.0 Å². The molecule has 0 aliphatic carbocycles. The molecule has 0 radical (unpaired) electrons. The summed E-state index contributed by atoms with van der Waals surface area (Å²) in [4.78, 5) is 15.1. The molecule has 2 rings (SSSR count). The van der Waals surface area contributed by atoms with E-state index in [9.17, 15) is 4.79 Å². The van der Waals surface area contributed by atoms with Crippen LogP contribution in [0.3, 0.4) is 0 Å². The van der Waals surface area contributed by atoms with Crippen LogP contribution in [-0.2, 0) is 16.0 Å². The smallest absolute Gasteiger partial charge is 0.305 e. The number of nitrogens with two attached hydrogens (primary N) is 1. The molecule has 0 aliphatic heterocycles. The molecule has 4 nitrogen and oxygen atoms in total. The Morgan fingerprint density at radius 3 is 2.59 bits per heavy atom. The summed E-state index contributed by atoms with van der Waals surface area (Å²) in [5, 5.41) is 0. The van der Waals surface area contributed by atoms with Crippen molar-refractivity contribution in [3.63, 3.8) is 0 Å². The molecule has 0 saturated carbocycles. The summed E-state index contributed by atoms with van der Waals surface area (Å²) in [6.07, 6.45) is 6.81. The number of esters is 1. The molecule has 0 amide bonds. The van der Waals surface area contributed by atoms with E-state index in [1.54, 1.807) is 12.4 Å². The highest BCUT2D eigenvalue weighted by molar-refractivity contribution is 5.68. The van der Waals surface area contributed by atoms with Gasteiger partial charge in [-0.1, -0.05) is 30.3 Å². The van der Waals surface area contributed by atoms with Gasteiger partial charge in [0.2, 0.25) is 0 Å². The molecule has 22 heavy (non-hydrogen) atoms. The first kappa shape index (κ1) is 16.2. The minimum Gasteiger partial charge on any atom is -0.469 e. The van der Waals surface area contributed by atoms with Crippen LogP contribution in [0, 0.1) is 0 Å². The second-order valence-corrected chi connectivity index (χ2v) is 5.29. The highest BCUT2D eigenvalue weighted by atomic mass is 16.5. The van der Waals surface area contributed by atoms with E-state index in [0.717, 1.165) is 30.4 Å². The van der Waals surface area contributed by atoms with E-state index in [-0.39, 0.29) is 12.0 Å². The zero-order valence-electron chi connectivity index (χ0n) is 12.9. The number of aryl methyl sites for hydroxylation is 1. The number of benzene rings is 1. The number of rotatable bonds is 7. The van der Waals surface area contributed by atoms with Gasteiger partial charge in [-0.2, -0.15) is 0 Å². The van der Waals surface area contributed by atoms with Crippen molar-refractivity contribution in [3.05, 3.63) is 65.5 Å². The monoisotopic (exact) mass is 298 g/mol. The maximum Gasteiger partial charge on any atom is 0.305 e. The molecule has 1 aromatic heterocycles. The number of ether oxygens (including phenoxy) is 1. The van der Waals surface area contributed by atoms with Crippen LogP contribution in [-0.4, -0.2) is 18.1 Å². The minimum absolute atomic E-state index is 0.141. The van der Waals surface area contributed by atoms with Gasteiger partial charge in [-0.05, 0) is 42.0 Å². The molecule has 1 unspecified atom stereocenters. The molecule has 1 atom stereocenters. The number of pyridine rings is 1. The van der Waals surface area contributed by atoms with Crippen LogP contribution in [0.4, 0.5) is 0 Å². The van der Waals surface area contributed by atoms with Crippen LogP contribution in [0.1, 0.15) is 42.0 Å². The lowest BCUT2D eigenvalue weighted by Gasteiger charge is -2.12. The van der Waals surface area contributed by atoms with Crippen LogP contribution < -0.4 is 5.73 Å². The molecule has 2 N–H and O–H groups in total. The molecule has 0 bridgehead atoms. The largest absolute Gasteiger partial charge is 0.469 e. The summed E-state index contributed by atoms with van der Waals surface area (Å²) in [6, 6.07) is 12.1. The molecule has 116 valence electrons. The fourth-order valence-corrected chi connectivity index (χ4v) is 2.34. The predicted octanol–water partition coefficient (Wildman–Crippen LogP) is 3.02. The van der Waals surface area contributed by atoms with Gasteiger partial charge in [0, 0.05) is 18.8 Å². The molecular formula is C18H22N2O2. The Morgan fingerprint density at radius 1 is 1.18 bits per heavy atom. The quantitative estimate of drug-likeness (QED) is 0.630. The Kier molecular flexibility index (Phi) is 6.10. The van der Waals surface area contributed by atoms with Crippen LogP contribution >= 0.6 is 0 Å². The molecule has 4 heteroatoms. The summed E-state index contributed by atoms with van der Waals surface area (Å²) in [7, 11) is 1.42. The van der Waals surface area contributed by atoms with Crippen molar-refractivity contribution >= 4 is 5.97 Å². The van der Waals surface area contributed by atoms with Gasteiger partial charge in [-0.25, -0.2) is 0 Å². The Bertz CT molecular complexity index is 582. The first-order valence-corrected chi connectivity index (χ1v) is 7.52. The number of methoxy groups -OCH3 is 1. The van der Waals surface area contributed by atoms with Gasteiger partial charge in [0.1, 0.15) is 0 Å². The fourth-order valence-electron chi connectivity index (χ4n) is 2.34. The number of hydrogen-bond donors (Lipinski definition) is 1. The topological polar surface area (TPSA) is 65.2 Å². The molecule has 0 aliphatic rings. The predicted molar refractivity (Wildman–Crippen MR) is 86.3 cm³/mol. The Morgan fingerprint density at radius 2 is 1.95 bits per heavy atom. The second-order valence-electron chi connectivity index (χ2n) is 5.29. The molecule has 1 heterocycles. The number of carbonyl (C=O) groups excluding carboxylic acids is 1. The van der Waals surface area contributed by atoms with Gasteiger partial charge >= 0.3 is 5.97 Å². The fraction of sp³-hybridized carbons (Fsp3) is 0.333. The summed E-state index contributed by atoms with van der Waals surface area (Å²) in [5.74, 6) is -0.141. The van der Waals surface area contributed by atoms with Crippen molar-refractivity contribution in [2.24, 2.45) is 5.73 Å². The average Bonchev–Trinajstić information content (AvgIpc) is 2.59. The SMILES string of the molecule is COC(=O)CCCCc1ccc(C(N)c2cccnc2)cc1. The average molecular weight is 298 g/mol. The zero-order valence-corrected chi connectivity index (χ0v) is 12.9. The second kappa shape index (κ2) is 8.29. The normalized spacial score (nSPS) is 11.9. The van der Waals surface area contributed by atoms with E-state index in [0.29, 0.717) is 6.42 Å². The summed E-state index contributed by atoms with van der Waals surface area (Å²) in [6.45, 7) is 0. The van der Waals surface area contributed by atoms with Gasteiger partial charge in [0.15, 0.2) is 0 Å². The van der Waals surface area contributed by atoms with Gasteiger partial charge in [0.25, 0.3) is 0 Å². The summed E-state index contributed by atoms with van der Waals surface area (Å²) in [5.41, 5.74) is 9.58. The van der Waals surface area contributed by atoms with E-state index in [1.165, 1.54) is 12.7 Å². The highest BCUT2D eigenvalue weighted by Crippen LogP contribution is 2.19. The Balaban J connectivity index is 1.86. The van der Waals surface area contributed by atoms with Crippen molar-refractivity contribution in [2.75, 3.05) is 7.11 Å². The molecule has 0 spiro atoms. The van der Waals surface area contributed by atoms with Crippen molar-refractivity contribution < 1.29 is 9.53 Å². The van der Waals surface area contributed by atoms with Crippen molar-refractivity contribution in [2.45, 2.75) is 31.7 Å². The minimum atomic E-state index is -0.151. The first-order chi connectivity index (χ1) is 10.7. The lowest BCUT2D eigenvalue weighted by molar-refractivity contribution is -0.140. The lowest BCUT2D eigenvalue weighted by Crippen LogP contribution is -2.11. The highest BCUT2D eigenvalue weighted by Gasteiger charge is 2.08. The van der Waals surface area contributed by atoms with Crippen LogP contribution in [0.15, 0.2) is 48.8 Å². The molecular weight excluding hydrogens is 276 g/mol. The summed E-state index contributed by atoms with van der Waals surface area (Å²) < 4.78 is 4.63. The van der Waals surface area contributed by atoms with E-state index in [4.69, 9.17) is 5.73 Å². The third-order valence-electron chi connectivity index (χ3n) is 3.71. The maximum atomic E-state index is 11.0. The lowest BCUT2D eigenvalue weighted by atomic mass is 9.98. The number of aromatic nitrogens is 1. The number of hydrogen-bond acceptors (Lipinski definition) is 4. The van der Waals surface area contributed by atoms with Gasteiger partial charge < -0.3 is 10.5 Å². The maximum absolute atomic E-state index is 11.0. The third kappa shape index (κ3) is 4.67. The van der Waals surface area contributed by atoms with Crippen molar-refractivity contribution in [1.82, 2.24) is 4.98 Å². The van der Waals surface area contributed by atoms with E-state index >= 15 is 0 Å². The Hall–Kier alpha value is -2.20.